The summed E-state index contributed by atoms with van der Waals surface area (Å²) < 4.78 is 5.14. The van der Waals surface area contributed by atoms with Crippen LogP contribution in [0.15, 0.2) is 54.6 Å². The zero-order valence-electron chi connectivity index (χ0n) is 12.4. The summed E-state index contributed by atoms with van der Waals surface area (Å²) in [6.45, 7) is 1.48. The molecule has 1 amide bonds. The highest BCUT2D eigenvalue weighted by Gasteiger charge is 2.33. The molecule has 1 aliphatic rings. The zero-order chi connectivity index (χ0) is 15.7. The van der Waals surface area contributed by atoms with Gasteiger partial charge in [0.2, 0.25) is 0 Å². The van der Waals surface area contributed by atoms with Crippen LogP contribution < -0.4 is 9.64 Å². The molecular formula is C18H15NO3. The molecule has 2 aromatic rings. The van der Waals surface area contributed by atoms with Gasteiger partial charge in [-0.2, -0.15) is 0 Å². The normalized spacial score (nSPS) is 15.1. The Labute approximate surface area is 128 Å². The number of nitrogens with zero attached hydrogens (tertiary/aromatic N) is 1. The summed E-state index contributed by atoms with van der Waals surface area (Å²) in [5, 5.41) is 0. The first-order valence-corrected chi connectivity index (χ1v) is 6.92. The summed E-state index contributed by atoms with van der Waals surface area (Å²) in [5.41, 5.74) is 2.69. The van der Waals surface area contributed by atoms with Crippen molar-refractivity contribution >= 4 is 23.1 Å². The standard InChI is InChI=1S/C18H15NO3/c1-12(20)11-17-15-5-3-4-6-16(15)18(21)19(17)13-7-9-14(22-2)10-8-13/h3-11H,1-2H3/b17-11+. The van der Waals surface area contributed by atoms with Gasteiger partial charge >= 0.3 is 0 Å². The Morgan fingerprint density at radius 3 is 2.27 bits per heavy atom. The van der Waals surface area contributed by atoms with Gasteiger partial charge in [0.15, 0.2) is 5.78 Å². The zero-order valence-corrected chi connectivity index (χ0v) is 12.4. The largest absolute Gasteiger partial charge is 0.497 e. The van der Waals surface area contributed by atoms with Crippen molar-refractivity contribution in [1.82, 2.24) is 0 Å². The number of ether oxygens (including phenoxy) is 1. The van der Waals surface area contributed by atoms with Crippen molar-refractivity contribution in [2.24, 2.45) is 0 Å². The van der Waals surface area contributed by atoms with Gasteiger partial charge in [-0.25, -0.2) is 0 Å². The first-order valence-electron chi connectivity index (χ1n) is 6.92. The molecule has 22 heavy (non-hydrogen) atoms. The molecule has 1 heterocycles. The van der Waals surface area contributed by atoms with Gasteiger partial charge in [-0.3, -0.25) is 14.5 Å². The molecular weight excluding hydrogens is 278 g/mol. The van der Waals surface area contributed by atoms with Crippen LogP contribution >= 0.6 is 0 Å². The second kappa shape index (κ2) is 5.48. The molecule has 0 aromatic heterocycles. The number of allylic oxidation sites excluding steroid dienone is 1. The maximum Gasteiger partial charge on any atom is 0.263 e. The van der Waals surface area contributed by atoms with E-state index in [1.54, 1.807) is 42.3 Å². The van der Waals surface area contributed by atoms with E-state index in [1.807, 2.05) is 18.2 Å². The first kappa shape index (κ1) is 14.1. The lowest BCUT2D eigenvalue weighted by atomic mass is 10.1. The Morgan fingerprint density at radius 1 is 1.05 bits per heavy atom. The minimum atomic E-state index is -0.131. The summed E-state index contributed by atoms with van der Waals surface area (Å²) in [6, 6.07) is 14.5. The average Bonchev–Trinajstić information content (AvgIpc) is 2.80. The van der Waals surface area contributed by atoms with E-state index in [4.69, 9.17) is 4.74 Å². The second-order valence-electron chi connectivity index (χ2n) is 5.02. The van der Waals surface area contributed by atoms with Crippen molar-refractivity contribution in [3.63, 3.8) is 0 Å². The maximum absolute atomic E-state index is 12.7. The highest BCUT2D eigenvalue weighted by Crippen LogP contribution is 2.37. The van der Waals surface area contributed by atoms with Gasteiger partial charge in [0, 0.05) is 22.9 Å². The van der Waals surface area contributed by atoms with E-state index in [2.05, 4.69) is 0 Å². The summed E-state index contributed by atoms with van der Waals surface area (Å²) in [7, 11) is 1.59. The number of amides is 1. The fourth-order valence-electron chi connectivity index (χ4n) is 2.57. The lowest BCUT2D eigenvalue weighted by Gasteiger charge is -2.18. The number of ketones is 1. The van der Waals surface area contributed by atoms with E-state index in [0.29, 0.717) is 22.7 Å². The van der Waals surface area contributed by atoms with Crippen LogP contribution in [0.3, 0.4) is 0 Å². The van der Waals surface area contributed by atoms with Crippen molar-refractivity contribution in [3.8, 4) is 5.75 Å². The van der Waals surface area contributed by atoms with Crippen LogP contribution in [0.2, 0.25) is 0 Å². The topological polar surface area (TPSA) is 46.6 Å². The quantitative estimate of drug-likeness (QED) is 0.816. The molecule has 4 heteroatoms. The van der Waals surface area contributed by atoms with Crippen LogP contribution in [0, 0.1) is 0 Å². The van der Waals surface area contributed by atoms with Gasteiger partial charge in [0.25, 0.3) is 5.91 Å². The lowest BCUT2D eigenvalue weighted by molar-refractivity contribution is -0.112. The molecule has 0 atom stereocenters. The Balaban J connectivity index is 2.13. The van der Waals surface area contributed by atoms with Crippen molar-refractivity contribution in [1.29, 1.82) is 0 Å². The number of methoxy groups -OCH3 is 1. The number of hydrogen-bond acceptors (Lipinski definition) is 3. The summed E-state index contributed by atoms with van der Waals surface area (Å²) >= 11 is 0. The Morgan fingerprint density at radius 2 is 1.68 bits per heavy atom. The average molecular weight is 293 g/mol. The van der Waals surface area contributed by atoms with E-state index in [9.17, 15) is 9.59 Å². The first-order chi connectivity index (χ1) is 10.6. The molecule has 0 fully saturated rings. The highest BCUT2D eigenvalue weighted by atomic mass is 16.5. The van der Waals surface area contributed by atoms with Crippen molar-refractivity contribution in [2.75, 3.05) is 12.0 Å². The van der Waals surface area contributed by atoms with Gasteiger partial charge < -0.3 is 4.74 Å². The minimum Gasteiger partial charge on any atom is -0.497 e. The smallest absolute Gasteiger partial charge is 0.263 e. The molecule has 0 saturated carbocycles. The molecule has 110 valence electrons. The lowest BCUT2D eigenvalue weighted by Crippen LogP contribution is -2.22. The van der Waals surface area contributed by atoms with Crippen LogP contribution in [0.5, 0.6) is 5.75 Å². The number of rotatable bonds is 3. The Hall–Kier alpha value is -2.88. The molecule has 0 radical (unpaired) electrons. The third kappa shape index (κ3) is 2.29. The van der Waals surface area contributed by atoms with Crippen LogP contribution in [-0.2, 0) is 4.79 Å². The van der Waals surface area contributed by atoms with Gasteiger partial charge in [0.1, 0.15) is 5.75 Å². The number of hydrogen-bond donors (Lipinski definition) is 0. The monoisotopic (exact) mass is 293 g/mol. The van der Waals surface area contributed by atoms with Gasteiger partial charge in [-0.1, -0.05) is 18.2 Å². The van der Waals surface area contributed by atoms with Crippen LogP contribution in [0.1, 0.15) is 22.8 Å². The highest BCUT2D eigenvalue weighted by molar-refractivity contribution is 6.24. The molecule has 4 nitrogen and oxygen atoms in total. The summed E-state index contributed by atoms with van der Waals surface area (Å²) in [5.74, 6) is 0.483. The molecule has 0 N–H and O–H groups in total. The van der Waals surface area contributed by atoms with Crippen LogP contribution in [-0.4, -0.2) is 18.8 Å². The molecule has 1 aliphatic heterocycles. The molecule has 0 bridgehead atoms. The van der Waals surface area contributed by atoms with E-state index in [-0.39, 0.29) is 11.7 Å². The van der Waals surface area contributed by atoms with E-state index in [0.717, 1.165) is 5.56 Å². The van der Waals surface area contributed by atoms with Crippen molar-refractivity contribution < 1.29 is 14.3 Å². The van der Waals surface area contributed by atoms with E-state index < -0.39 is 0 Å². The van der Waals surface area contributed by atoms with Crippen LogP contribution in [0.4, 0.5) is 5.69 Å². The Bertz CT molecular complexity index is 775. The van der Waals surface area contributed by atoms with Gasteiger partial charge in [-0.05, 0) is 37.3 Å². The predicted octanol–water partition coefficient (Wildman–Crippen LogP) is 3.29. The molecule has 2 aromatic carbocycles. The third-order valence-electron chi connectivity index (χ3n) is 3.55. The number of fused-ring (bicyclic) bond motifs is 1. The minimum absolute atomic E-state index is 0.0991. The fraction of sp³-hybridized carbons (Fsp3) is 0.111. The molecule has 0 spiro atoms. The summed E-state index contributed by atoms with van der Waals surface area (Å²) in [6.07, 6.45) is 1.49. The third-order valence-corrected chi connectivity index (χ3v) is 3.55. The number of benzene rings is 2. The SMILES string of the molecule is COc1ccc(N2C(=O)c3ccccc3/C2=C\C(C)=O)cc1. The molecule has 0 unspecified atom stereocenters. The summed E-state index contributed by atoms with van der Waals surface area (Å²) in [4.78, 5) is 25.8. The maximum atomic E-state index is 12.7. The Kier molecular flexibility index (Phi) is 3.51. The van der Waals surface area contributed by atoms with Crippen molar-refractivity contribution in [3.05, 3.63) is 65.7 Å². The number of carbonyl (C=O) groups excluding carboxylic acids is 2. The number of anilines is 1. The molecule has 3 rings (SSSR count). The van der Waals surface area contributed by atoms with E-state index in [1.165, 1.54) is 13.0 Å². The van der Waals surface area contributed by atoms with E-state index >= 15 is 0 Å². The van der Waals surface area contributed by atoms with Gasteiger partial charge in [-0.15, -0.1) is 0 Å². The van der Waals surface area contributed by atoms with Crippen molar-refractivity contribution in [2.45, 2.75) is 6.92 Å². The van der Waals surface area contributed by atoms with Crippen LogP contribution in [0.25, 0.3) is 5.70 Å². The molecule has 0 saturated heterocycles. The molecule has 0 aliphatic carbocycles. The predicted molar refractivity (Wildman–Crippen MR) is 84.9 cm³/mol. The fourth-order valence-corrected chi connectivity index (χ4v) is 2.57. The van der Waals surface area contributed by atoms with Gasteiger partial charge in [0.05, 0.1) is 12.8 Å². The second-order valence-corrected chi connectivity index (χ2v) is 5.02. The number of carbonyl (C=O) groups is 2.